The molecule has 0 spiro atoms. The van der Waals surface area contributed by atoms with Crippen LogP contribution in [-0.4, -0.2) is 31.6 Å². The van der Waals surface area contributed by atoms with E-state index in [1.165, 1.54) is 6.92 Å². The van der Waals surface area contributed by atoms with Crippen molar-refractivity contribution in [2.75, 3.05) is 25.1 Å². The first-order valence-electron chi connectivity index (χ1n) is 8.72. The van der Waals surface area contributed by atoms with E-state index < -0.39 is 0 Å². The molecule has 0 atom stereocenters. The van der Waals surface area contributed by atoms with Gasteiger partial charge in [-0.15, -0.1) is 0 Å². The molecule has 0 aliphatic carbocycles. The van der Waals surface area contributed by atoms with E-state index in [9.17, 15) is 9.59 Å². The van der Waals surface area contributed by atoms with Crippen LogP contribution in [0.1, 0.15) is 18.1 Å². The van der Waals surface area contributed by atoms with Crippen LogP contribution in [0.4, 0.5) is 5.69 Å². The van der Waals surface area contributed by atoms with E-state index in [4.69, 9.17) is 21.1 Å². The summed E-state index contributed by atoms with van der Waals surface area (Å²) < 4.78 is 11.1. The number of ether oxygens (including phenoxy) is 2. The highest BCUT2D eigenvalue weighted by Crippen LogP contribution is 2.38. The van der Waals surface area contributed by atoms with Crippen molar-refractivity contribution in [2.45, 2.75) is 19.8 Å². The van der Waals surface area contributed by atoms with Gasteiger partial charge in [-0.05, 0) is 41.8 Å². The summed E-state index contributed by atoms with van der Waals surface area (Å²) in [4.78, 5) is 23.1. The summed E-state index contributed by atoms with van der Waals surface area (Å²) >= 11 is 6.22. The maximum Gasteiger partial charge on any atom is 0.224 e. The number of amides is 2. The lowest BCUT2D eigenvalue weighted by molar-refractivity contribution is -0.120. The predicted molar refractivity (Wildman–Crippen MR) is 104 cm³/mol. The second kappa shape index (κ2) is 8.77. The molecule has 2 aromatic carbocycles. The zero-order valence-electron chi connectivity index (χ0n) is 15.0. The summed E-state index contributed by atoms with van der Waals surface area (Å²) in [5, 5.41) is 6.12. The molecular formula is C20H21ClN2O4. The maximum absolute atomic E-state index is 12.1. The summed E-state index contributed by atoms with van der Waals surface area (Å²) in [7, 11) is 0. The Hall–Kier alpha value is -2.73. The Balaban J connectivity index is 1.48. The maximum atomic E-state index is 12.1. The highest BCUT2D eigenvalue weighted by molar-refractivity contribution is 6.32. The fourth-order valence-corrected chi connectivity index (χ4v) is 3.10. The molecule has 0 aromatic heterocycles. The summed E-state index contributed by atoms with van der Waals surface area (Å²) in [5.74, 6) is 1.04. The third-order valence-electron chi connectivity index (χ3n) is 4.03. The van der Waals surface area contributed by atoms with Crippen LogP contribution in [0.5, 0.6) is 11.5 Å². The van der Waals surface area contributed by atoms with Gasteiger partial charge in [0.25, 0.3) is 0 Å². The fourth-order valence-electron chi connectivity index (χ4n) is 2.81. The van der Waals surface area contributed by atoms with Crippen molar-refractivity contribution in [1.82, 2.24) is 5.32 Å². The van der Waals surface area contributed by atoms with Gasteiger partial charge in [-0.25, -0.2) is 0 Å². The van der Waals surface area contributed by atoms with E-state index in [2.05, 4.69) is 10.6 Å². The zero-order valence-corrected chi connectivity index (χ0v) is 15.8. The molecule has 0 fully saturated rings. The molecule has 0 saturated heterocycles. The van der Waals surface area contributed by atoms with Gasteiger partial charge >= 0.3 is 0 Å². The first kappa shape index (κ1) is 19.0. The van der Waals surface area contributed by atoms with E-state index in [1.807, 2.05) is 24.3 Å². The number of carbonyl (C=O) groups excluding carboxylic acids is 2. The van der Waals surface area contributed by atoms with E-state index in [-0.39, 0.29) is 18.2 Å². The highest BCUT2D eigenvalue weighted by atomic mass is 35.5. The van der Waals surface area contributed by atoms with Crippen molar-refractivity contribution in [3.05, 3.63) is 52.5 Å². The number of carbonyl (C=O) groups is 2. The van der Waals surface area contributed by atoms with Crippen LogP contribution >= 0.6 is 11.6 Å². The average molecular weight is 389 g/mol. The lowest BCUT2D eigenvalue weighted by atomic mass is 10.1. The number of benzene rings is 2. The Morgan fingerprint density at radius 2 is 1.81 bits per heavy atom. The Bertz CT molecular complexity index is 837. The van der Waals surface area contributed by atoms with Crippen LogP contribution in [-0.2, 0) is 22.4 Å². The van der Waals surface area contributed by atoms with Crippen LogP contribution in [0.25, 0.3) is 0 Å². The second-order valence-corrected chi connectivity index (χ2v) is 6.66. The second-order valence-electron chi connectivity index (χ2n) is 6.26. The normalized spacial score (nSPS) is 12.4. The minimum Gasteiger partial charge on any atom is -0.486 e. The summed E-state index contributed by atoms with van der Waals surface area (Å²) in [6, 6.07) is 10.9. The van der Waals surface area contributed by atoms with Crippen LogP contribution in [0.3, 0.4) is 0 Å². The highest BCUT2D eigenvalue weighted by Gasteiger charge is 2.16. The number of fused-ring (bicyclic) bond motifs is 1. The van der Waals surface area contributed by atoms with Crippen molar-refractivity contribution < 1.29 is 19.1 Å². The van der Waals surface area contributed by atoms with Gasteiger partial charge in [-0.2, -0.15) is 0 Å². The van der Waals surface area contributed by atoms with Crippen LogP contribution in [0.2, 0.25) is 5.02 Å². The molecule has 1 aliphatic heterocycles. The first-order chi connectivity index (χ1) is 13.0. The van der Waals surface area contributed by atoms with Gasteiger partial charge < -0.3 is 20.1 Å². The molecule has 2 aromatic rings. The number of hydrogen-bond acceptors (Lipinski definition) is 4. The molecule has 1 heterocycles. The molecule has 0 radical (unpaired) electrons. The molecule has 3 rings (SSSR count). The van der Waals surface area contributed by atoms with Gasteiger partial charge in [-0.1, -0.05) is 23.7 Å². The van der Waals surface area contributed by atoms with Gasteiger partial charge in [0.2, 0.25) is 11.8 Å². The van der Waals surface area contributed by atoms with Gasteiger partial charge in [0.15, 0.2) is 11.5 Å². The quantitative estimate of drug-likeness (QED) is 0.797. The van der Waals surface area contributed by atoms with Crippen molar-refractivity contribution in [3.8, 4) is 11.5 Å². The van der Waals surface area contributed by atoms with Crippen molar-refractivity contribution in [2.24, 2.45) is 0 Å². The van der Waals surface area contributed by atoms with Gasteiger partial charge in [-0.3, -0.25) is 9.59 Å². The Morgan fingerprint density at radius 3 is 2.56 bits per heavy atom. The summed E-state index contributed by atoms with van der Waals surface area (Å²) in [5.41, 5.74) is 2.57. The van der Waals surface area contributed by atoms with Crippen molar-refractivity contribution in [1.29, 1.82) is 0 Å². The number of halogens is 1. The molecule has 27 heavy (non-hydrogen) atoms. The monoisotopic (exact) mass is 388 g/mol. The molecule has 0 bridgehead atoms. The molecule has 6 nitrogen and oxygen atoms in total. The molecular weight excluding hydrogens is 368 g/mol. The zero-order chi connectivity index (χ0) is 19.2. The minimum absolute atomic E-state index is 0.0640. The number of nitrogens with one attached hydrogen (secondary N) is 2. The third-order valence-corrected chi connectivity index (χ3v) is 4.31. The SMILES string of the molecule is CC(=O)Nc1ccc(CC(=O)NCCc2cc(Cl)c3c(c2)OCCO3)cc1. The Labute approximate surface area is 162 Å². The van der Waals surface area contributed by atoms with Crippen LogP contribution in [0, 0.1) is 0 Å². The fraction of sp³-hybridized carbons (Fsp3) is 0.300. The molecule has 1 aliphatic rings. The van der Waals surface area contributed by atoms with E-state index in [1.54, 1.807) is 12.1 Å². The van der Waals surface area contributed by atoms with Crippen molar-refractivity contribution in [3.63, 3.8) is 0 Å². The topological polar surface area (TPSA) is 76.7 Å². The van der Waals surface area contributed by atoms with E-state index in [0.29, 0.717) is 48.4 Å². The average Bonchev–Trinajstić information content (AvgIpc) is 2.63. The molecule has 142 valence electrons. The smallest absolute Gasteiger partial charge is 0.224 e. The number of rotatable bonds is 6. The van der Waals surface area contributed by atoms with Gasteiger partial charge in [0.1, 0.15) is 13.2 Å². The third kappa shape index (κ3) is 5.37. The molecule has 0 saturated carbocycles. The first-order valence-corrected chi connectivity index (χ1v) is 9.10. The standard InChI is InChI=1S/C20H21ClN2O4/c1-13(24)23-16-4-2-14(3-5-16)12-19(25)22-7-6-15-10-17(21)20-18(11-15)26-8-9-27-20/h2-5,10-11H,6-9,12H2,1H3,(H,22,25)(H,23,24). The van der Waals surface area contributed by atoms with E-state index >= 15 is 0 Å². The van der Waals surface area contributed by atoms with E-state index in [0.717, 1.165) is 11.1 Å². The molecule has 0 unspecified atom stereocenters. The van der Waals surface area contributed by atoms with Gasteiger partial charge in [0, 0.05) is 19.2 Å². The summed E-state index contributed by atoms with van der Waals surface area (Å²) in [6.45, 7) is 2.95. The van der Waals surface area contributed by atoms with Crippen LogP contribution in [0.15, 0.2) is 36.4 Å². The molecule has 2 amide bonds. The lowest BCUT2D eigenvalue weighted by Gasteiger charge is -2.20. The summed E-state index contributed by atoms with van der Waals surface area (Å²) in [6.07, 6.45) is 0.922. The number of hydrogen-bond donors (Lipinski definition) is 2. The number of anilines is 1. The Kier molecular flexibility index (Phi) is 6.19. The predicted octanol–water partition coefficient (Wildman–Crippen LogP) is 2.97. The van der Waals surface area contributed by atoms with Gasteiger partial charge in [0.05, 0.1) is 11.4 Å². The van der Waals surface area contributed by atoms with Crippen LogP contribution < -0.4 is 20.1 Å². The molecule has 2 N–H and O–H groups in total. The largest absolute Gasteiger partial charge is 0.486 e. The minimum atomic E-state index is -0.125. The Morgan fingerprint density at radius 1 is 1.07 bits per heavy atom. The lowest BCUT2D eigenvalue weighted by Crippen LogP contribution is -2.27. The molecule has 7 heteroatoms. The van der Waals surface area contributed by atoms with Crippen molar-refractivity contribution >= 4 is 29.1 Å².